The van der Waals surface area contributed by atoms with Crippen molar-refractivity contribution >= 4 is 31.9 Å². The molecule has 0 bridgehead atoms. The van der Waals surface area contributed by atoms with E-state index in [2.05, 4.69) is 61.4 Å². The normalized spacial score (nSPS) is 21.3. The van der Waals surface area contributed by atoms with Crippen LogP contribution >= 0.6 is 31.9 Å². The van der Waals surface area contributed by atoms with Crippen molar-refractivity contribution in [2.24, 2.45) is 0 Å². The van der Waals surface area contributed by atoms with Crippen LogP contribution in [-0.4, -0.2) is 16.7 Å². The zero-order chi connectivity index (χ0) is 10.7. The molecule has 0 heterocycles. The average molecular weight is 333 g/mol. The molecule has 3 heteroatoms. The third-order valence-electron chi connectivity index (χ3n) is 2.89. The highest BCUT2D eigenvalue weighted by atomic mass is 79.9. The Morgan fingerprint density at radius 1 is 1.40 bits per heavy atom. The van der Waals surface area contributed by atoms with E-state index in [9.17, 15) is 0 Å². The van der Waals surface area contributed by atoms with E-state index >= 15 is 0 Å². The Hall–Kier alpha value is 0.140. The van der Waals surface area contributed by atoms with Crippen molar-refractivity contribution in [2.75, 3.05) is 11.9 Å². The third kappa shape index (κ3) is 2.83. The Bertz CT molecular complexity index is 327. The molecule has 0 radical (unpaired) electrons. The molecule has 2 atom stereocenters. The van der Waals surface area contributed by atoms with Crippen LogP contribution < -0.4 is 5.32 Å². The maximum Gasteiger partial charge on any atom is 0.0367 e. The molecule has 1 nitrogen and oxygen atoms in total. The van der Waals surface area contributed by atoms with E-state index in [0.717, 1.165) is 11.9 Å². The first-order valence-corrected chi connectivity index (χ1v) is 7.36. The van der Waals surface area contributed by atoms with E-state index in [1.165, 1.54) is 24.0 Å². The van der Waals surface area contributed by atoms with E-state index < -0.39 is 0 Å². The predicted molar refractivity (Wildman–Crippen MR) is 72.0 cm³/mol. The third-order valence-corrected chi connectivity index (χ3v) is 5.18. The average Bonchev–Trinajstić information content (AvgIpc) is 2.69. The zero-order valence-electron chi connectivity index (χ0n) is 8.55. The van der Waals surface area contributed by atoms with Crippen molar-refractivity contribution in [3.63, 3.8) is 0 Å². The number of hydrogen-bond acceptors (Lipinski definition) is 1. The Balaban J connectivity index is 1.96. The zero-order valence-corrected chi connectivity index (χ0v) is 11.7. The lowest BCUT2D eigenvalue weighted by Gasteiger charge is -2.15. The van der Waals surface area contributed by atoms with Crippen molar-refractivity contribution in [3.8, 4) is 0 Å². The van der Waals surface area contributed by atoms with Crippen LogP contribution in [0.4, 0.5) is 0 Å². The smallest absolute Gasteiger partial charge is 0.0367 e. The topological polar surface area (TPSA) is 12.0 Å². The summed E-state index contributed by atoms with van der Waals surface area (Å²) >= 11 is 7.08. The number of rotatable bonds is 4. The number of aryl methyl sites for hydroxylation is 1. The number of fused-ring (bicyclic) bond motifs is 1. The van der Waals surface area contributed by atoms with Crippen LogP contribution in [0.1, 0.15) is 23.6 Å². The van der Waals surface area contributed by atoms with Crippen LogP contribution in [-0.2, 0) is 6.42 Å². The van der Waals surface area contributed by atoms with Gasteiger partial charge < -0.3 is 5.32 Å². The van der Waals surface area contributed by atoms with Gasteiger partial charge in [-0.15, -0.1) is 0 Å². The molecular formula is C12H15Br2N. The lowest BCUT2D eigenvalue weighted by Crippen LogP contribution is -2.27. The highest BCUT2D eigenvalue weighted by Crippen LogP contribution is 2.30. The molecule has 1 N–H and O–H groups in total. The summed E-state index contributed by atoms with van der Waals surface area (Å²) in [5, 5.41) is 4.61. The molecule has 0 spiro atoms. The number of halogens is 2. The Morgan fingerprint density at radius 3 is 3.00 bits per heavy atom. The second-order valence-corrected chi connectivity index (χ2v) is 5.89. The largest absolute Gasteiger partial charge is 0.309 e. The molecule has 1 aliphatic carbocycles. The van der Waals surface area contributed by atoms with E-state index in [-0.39, 0.29) is 0 Å². The fourth-order valence-electron chi connectivity index (χ4n) is 2.09. The van der Waals surface area contributed by atoms with Crippen molar-refractivity contribution in [3.05, 3.63) is 35.4 Å². The molecule has 1 aromatic carbocycles. The van der Waals surface area contributed by atoms with Gasteiger partial charge in [0.15, 0.2) is 0 Å². The van der Waals surface area contributed by atoms with Gasteiger partial charge in [-0.1, -0.05) is 56.1 Å². The summed E-state index contributed by atoms with van der Waals surface area (Å²) in [4.78, 5) is 0.519. The summed E-state index contributed by atoms with van der Waals surface area (Å²) in [5.74, 6) is 0. The lowest BCUT2D eigenvalue weighted by atomic mass is 10.1. The summed E-state index contributed by atoms with van der Waals surface area (Å²) < 4.78 is 0. The van der Waals surface area contributed by atoms with Crippen LogP contribution in [0.25, 0.3) is 0 Å². The van der Waals surface area contributed by atoms with E-state index in [1.807, 2.05) is 0 Å². The molecule has 1 unspecified atom stereocenters. The fourth-order valence-corrected chi connectivity index (χ4v) is 2.51. The van der Waals surface area contributed by atoms with Crippen molar-refractivity contribution < 1.29 is 0 Å². The molecule has 82 valence electrons. The standard InChI is InChI=1S/C12H15Br2N/c13-7-10(14)8-15-12-6-5-9-3-1-2-4-11(9)12/h1-4,10,12,15H,5-8H2/t10-,12?/m0/s1. The number of hydrogen-bond donors (Lipinski definition) is 1. The Kier molecular flexibility index (Phi) is 4.23. The summed E-state index contributed by atoms with van der Waals surface area (Å²) in [6, 6.07) is 9.31. The van der Waals surface area contributed by atoms with E-state index in [1.54, 1.807) is 0 Å². The quantitative estimate of drug-likeness (QED) is 0.833. The second kappa shape index (κ2) is 5.46. The van der Waals surface area contributed by atoms with Gasteiger partial charge in [-0.05, 0) is 24.0 Å². The van der Waals surface area contributed by atoms with Crippen LogP contribution in [0.5, 0.6) is 0 Å². The highest BCUT2D eigenvalue weighted by Gasteiger charge is 2.21. The van der Waals surface area contributed by atoms with Crippen LogP contribution in [0.3, 0.4) is 0 Å². The van der Waals surface area contributed by atoms with Gasteiger partial charge in [0.05, 0.1) is 0 Å². The first-order chi connectivity index (χ1) is 7.31. The molecule has 0 aliphatic heterocycles. The van der Waals surface area contributed by atoms with Gasteiger partial charge >= 0.3 is 0 Å². The molecule has 1 aromatic rings. The molecule has 0 aromatic heterocycles. The van der Waals surface area contributed by atoms with Gasteiger partial charge in [0.25, 0.3) is 0 Å². The Labute approximate surface area is 108 Å². The maximum atomic E-state index is 3.61. The van der Waals surface area contributed by atoms with Crippen LogP contribution in [0.15, 0.2) is 24.3 Å². The van der Waals surface area contributed by atoms with Gasteiger partial charge in [0.2, 0.25) is 0 Å². The van der Waals surface area contributed by atoms with Gasteiger partial charge in [-0.3, -0.25) is 0 Å². The number of benzene rings is 1. The second-order valence-electron chi connectivity index (χ2n) is 3.95. The van der Waals surface area contributed by atoms with E-state index in [4.69, 9.17) is 0 Å². The highest BCUT2D eigenvalue weighted by molar-refractivity contribution is 9.12. The van der Waals surface area contributed by atoms with Crippen LogP contribution in [0, 0.1) is 0 Å². The van der Waals surface area contributed by atoms with Crippen molar-refractivity contribution in [1.82, 2.24) is 5.32 Å². The first-order valence-electron chi connectivity index (χ1n) is 5.32. The van der Waals surface area contributed by atoms with Crippen molar-refractivity contribution in [1.29, 1.82) is 0 Å². The summed E-state index contributed by atoms with van der Waals surface area (Å²) in [5.41, 5.74) is 3.01. The molecule has 1 aliphatic rings. The minimum Gasteiger partial charge on any atom is -0.309 e. The summed E-state index contributed by atoms with van der Waals surface area (Å²) in [6.07, 6.45) is 2.45. The fraction of sp³-hybridized carbons (Fsp3) is 0.500. The minimum absolute atomic E-state index is 0.519. The molecule has 0 fully saturated rings. The Morgan fingerprint density at radius 2 is 2.20 bits per heavy atom. The molecule has 2 rings (SSSR count). The molecule has 15 heavy (non-hydrogen) atoms. The van der Waals surface area contributed by atoms with Gasteiger partial charge in [0.1, 0.15) is 0 Å². The lowest BCUT2D eigenvalue weighted by molar-refractivity contribution is 0.536. The van der Waals surface area contributed by atoms with Gasteiger partial charge in [-0.25, -0.2) is 0 Å². The molecule has 0 saturated heterocycles. The van der Waals surface area contributed by atoms with Gasteiger partial charge in [-0.2, -0.15) is 0 Å². The predicted octanol–water partition coefficient (Wildman–Crippen LogP) is 3.42. The van der Waals surface area contributed by atoms with E-state index in [0.29, 0.717) is 10.9 Å². The van der Waals surface area contributed by atoms with Crippen molar-refractivity contribution in [2.45, 2.75) is 23.7 Å². The van der Waals surface area contributed by atoms with Gasteiger partial charge in [0, 0.05) is 22.7 Å². The SMILES string of the molecule is BrC[C@H](Br)CNC1CCc2ccccc21. The summed E-state index contributed by atoms with van der Waals surface area (Å²) in [6.45, 7) is 1.02. The van der Waals surface area contributed by atoms with Crippen LogP contribution in [0.2, 0.25) is 0 Å². The number of alkyl halides is 2. The molecule has 0 amide bonds. The molecule has 0 saturated carbocycles. The summed E-state index contributed by atoms with van der Waals surface area (Å²) in [7, 11) is 0. The maximum absolute atomic E-state index is 3.61. The number of nitrogens with one attached hydrogen (secondary N) is 1. The first kappa shape index (κ1) is 11.6. The molecular weight excluding hydrogens is 318 g/mol. The minimum atomic E-state index is 0.519. The monoisotopic (exact) mass is 331 g/mol.